The zero-order chi connectivity index (χ0) is 17.3. The number of nitrogens with zero attached hydrogens (tertiary/aromatic N) is 4. The third-order valence-corrected chi connectivity index (χ3v) is 5.75. The Kier molecular flexibility index (Phi) is 4.69. The molecule has 1 aliphatic carbocycles. The lowest BCUT2D eigenvalue weighted by Crippen LogP contribution is -2.46. The molecule has 138 valence electrons. The molecule has 25 heavy (non-hydrogen) atoms. The van der Waals surface area contributed by atoms with Gasteiger partial charge in [0.25, 0.3) is 0 Å². The van der Waals surface area contributed by atoms with Crippen molar-refractivity contribution in [2.45, 2.75) is 32.1 Å². The van der Waals surface area contributed by atoms with Gasteiger partial charge in [0, 0.05) is 37.7 Å². The first-order valence-electron chi connectivity index (χ1n) is 9.51. The van der Waals surface area contributed by atoms with Crippen molar-refractivity contribution in [3.63, 3.8) is 0 Å². The van der Waals surface area contributed by atoms with Crippen LogP contribution in [-0.2, 0) is 4.74 Å². The minimum absolute atomic E-state index is 0.0122. The highest BCUT2D eigenvalue weighted by molar-refractivity contribution is 5.53. The van der Waals surface area contributed by atoms with E-state index >= 15 is 0 Å². The van der Waals surface area contributed by atoms with Crippen LogP contribution in [0.1, 0.15) is 32.1 Å². The summed E-state index contributed by atoms with van der Waals surface area (Å²) in [5.74, 6) is 2.91. The summed E-state index contributed by atoms with van der Waals surface area (Å²) < 4.78 is 5.42. The number of ether oxygens (including phenoxy) is 1. The Morgan fingerprint density at radius 1 is 1.20 bits per heavy atom. The van der Waals surface area contributed by atoms with Crippen LogP contribution in [0, 0.1) is 11.3 Å². The van der Waals surface area contributed by atoms with Gasteiger partial charge in [0.2, 0.25) is 5.95 Å². The van der Waals surface area contributed by atoms with E-state index in [1.165, 1.54) is 12.8 Å². The molecule has 1 atom stereocenters. The van der Waals surface area contributed by atoms with Crippen molar-refractivity contribution >= 4 is 17.6 Å². The molecule has 4 rings (SSSR count). The number of morpholine rings is 1. The van der Waals surface area contributed by atoms with Crippen LogP contribution in [0.3, 0.4) is 0 Å². The maximum atomic E-state index is 10.1. The number of nitrogen functional groups attached to an aromatic ring is 1. The van der Waals surface area contributed by atoms with Crippen LogP contribution in [0.5, 0.6) is 0 Å². The number of rotatable bonds is 5. The van der Waals surface area contributed by atoms with Crippen LogP contribution >= 0.6 is 0 Å². The third-order valence-electron chi connectivity index (χ3n) is 5.75. The summed E-state index contributed by atoms with van der Waals surface area (Å²) in [7, 11) is 0. The summed E-state index contributed by atoms with van der Waals surface area (Å²) in [4.78, 5) is 13.7. The number of hydrogen-bond donors (Lipinski definition) is 2. The van der Waals surface area contributed by atoms with Gasteiger partial charge in [-0.15, -0.1) is 0 Å². The minimum Gasteiger partial charge on any atom is -0.396 e. The Bertz CT molecular complexity index is 603. The van der Waals surface area contributed by atoms with Crippen LogP contribution in [0.2, 0.25) is 0 Å². The molecule has 3 aliphatic rings. The zero-order valence-electron chi connectivity index (χ0n) is 14.9. The molecule has 0 unspecified atom stereocenters. The molecular formula is C18H29N5O2. The van der Waals surface area contributed by atoms with Gasteiger partial charge in [-0.3, -0.25) is 0 Å². The minimum atomic E-state index is 0.0122. The van der Waals surface area contributed by atoms with Gasteiger partial charge in [-0.05, 0) is 25.2 Å². The molecule has 3 fully saturated rings. The highest BCUT2D eigenvalue weighted by atomic mass is 16.5. The fourth-order valence-corrected chi connectivity index (χ4v) is 4.20. The number of hydrogen-bond acceptors (Lipinski definition) is 7. The number of aliphatic hydroxyl groups excluding tert-OH is 1. The average Bonchev–Trinajstić information content (AvgIpc) is 3.46. The second-order valence-corrected chi connectivity index (χ2v) is 7.88. The standard InChI is InChI=1S/C18H29N5O2/c19-15-10-16(21-17(20-15)22-6-8-25-9-7-22)23-5-1-4-18(12-23,13-24)11-14-2-3-14/h10,14,24H,1-9,11-13H2,(H2,19,20,21)/t18-/m0/s1. The molecule has 2 aliphatic heterocycles. The SMILES string of the molecule is Nc1cc(N2CCC[C@](CO)(CC3CC3)C2)nc(N2CCOCC2)n1. The van der Waals surface area contributed by atoms with E-state index in [1.807, 2.05) is 6.07 Å². The number of aliphatic hydroxyl groups is 1. The lowest BCUT2D eigenvalue weighted by Gasteiger charge is -2.43. The molecule has 0 radical (unpaired) electrons. The molecule has 3 N–H and O–H groups in total. The average molecular weight is 347 g/mol. The third kappa shape index (κ3) is 3.82. The van der Waals surface area contributed by atoms with Crippen molar-refractivity contribution in [2.24, 2.45) is 11.3 Å². The first kappa shape index (κ1) is 16.8. The highest BCUT2D eigenvalue weighted by Crippen LogP contribution is 2.45. The van der Waals surface area contributed by atoms with E-state index in [2.05, 4.69) is 14.8 Å². The fraction of sp³-hybridized carbons (Fsp3) is 0.778. The molecule has 3 heterocycles. The monoisotopic (exact) mass is 347 g/mol. The van der Waals surface area contributed by atoms with E-state index < -0.39 is 0 Å². The smallest absolute Gasteiger partial charge is 0.229 e. The van der Waals surface area contributed by atoms with Crippen LogP contribution in [-0.4, -0.2) is 61.1 Å². The van der Waals surface area contributed by atoms with Crippen molar-refractivity contribution in [3.05, 3.63) is 6.07 Å². The fourth-order valence-electron chi connectivity index (χ4n) is 4.20. The molecule has 0 aromatic carbocycles. The molecule has 7 nitrogen and oxygen atoms in total. The second kappa shape index (κ2) is 6.96. The van der Waals surface area contributed by atoms with Gasteiger partial charge in [-0.2, -0.15) is 9.97 Å². The largest absolute Gasteiger partial charge is 0.396 e. The van der Waals surface area contributed by atoms with Crippen molar-refractivity contribution < 1.29 is 9.84 Å². The molecule has 1 aromatic rings. The van der Waals surface area contributed by atoms with Gasteiger partial charge in [0.1, 0.15) is 11.6 Å². The van der Waals surface area contributed by atoms with E-state index in [4.69, 9.17) is 15.5 Å². The van der Waals surface area contributed by atoms with Crippen molar-refractivity contribution in [2.75, 3.05) is 61.5 Å². The van der Waals surface area contributed by atoms with Crippen LogP contribution in [0.25, 0.3) is 0 Å². The maximum absolute atomic E-state index is 10.1. The Morgan fingerprint density at radius 3 is 2.72 bits per heavy atom. The van der Waals surface area contributed by atoms with Crippen LogP contribution in [0.15, 0.2) is 6.07 Å². The molecule has 2 saturated heterocycles. The summed E-state index contributed by atoms with van der Waals surface area (Å²) in [5.41, 5.74) is 6.09. The summed E-state index contributed by atoms with van der Waals surface area (Å²) in [6.45, 7) is 5.08. The summed E-state index contributed by atoms with van der Waals surface area (Å²) in [6.07, 6.45) is 5.97. The first-order chi connectivity index (χ1) is 12.2. The predicted molar refractivity (Wildman–Crippen MR) is 97.8 cm³/mol. The van der Waals surface area contributed by atoms with Crippen LogP contribution < -0.4 is 15.5 Å². The normalized spacial score (nSPS) is 27.6. The highest BCUT2D eigenvalue weighted by Gasteiger charge is 2.40. The quantitative estimate of drug-likeness (QED) is 0.829. The Labute approximate surface area is 149 Å². The van der Waals surface area contributed by atoms with Gasteiger partial charge in [-0.25, -0.2) is 0 Å². The second-order valence-electron chi connectivity index (χ2n) is 7.88. The number of piperidine rings is 1. The van der Waals surface area contributed by atoms with Crippen molar-refractivity contribution in [3.8, 4) is 0 Å². The van der Waals surface area contributed by atoms with E-state index in [0.717, 1.165) is 57.2 Å². The van der Waals surface area contributed by atoms with Crippen molar-refractivity contribution in [1.82, 2.24) is 9.97 Å². The lowest BCUT2D eigenvalue weighted by molar-refractivity contribution is 0.0901. The summed E-state index contributed by atoms with van der Waals surface area (Å²) in [6, 6.07) is 1.87. The van der Waals surface area contributed by atoms with Gasteiger partial charge >= 0.3 is 0 Å². The molecular weight excluding hydrogens is 318 g/mol. The van der Waals surface area contributed by atoms with Crippen LogP contribution in [0.4, 0.5) is 17.6 Å². The first-order valence-corrected chi connectivity index (χ1v) is 9.51. The van der Waals surface area contributed by atoms with Gasteiger partial charge < -0.3 is 25.4 Å². The van der Waals surface area contributed by atoms with Crippen molar-refractivity contribution in [1.29, 1.82) is 0 Å². The molecule has 1 saturated carbocycles. The Morgan fingerprint density at radius 2 is 2.00 bits per heavy atom. The summed E-state index contributed by atoms with van der Waals surface area (Å²) >= 11 is 0. The number of aromatic nitrogens is 2. The molecule has 7 heteroatoms. The topological polar surface area (TPSA) is 87.7 Å². The maximum Gasteiger partial charge on any atom is 0.229 e. The Balaban J connectivity index is 1.54. The number of anilines is 3. The van der Waals surface area contributed by atoms with Gasteiger partial charge in [-0.1, -0.05) is 12.8 Å². The van der Waals surface area contributed by atoms with E-state index in [1.54, 1.807) is 0 Å². The molecule has 0 amide bonds. The lowest BCUT2D eigenvalue weighted by atomic mass is 9.76. The Hall–Kier alpha value is -1.60. The van der Waals surface area contributed by atoms with E-state index in [9.17, 15) is 5.11 Å². The molecule has 0 spiro atoms. The molecule has 1 aromatic heterocycles. The molecule has 0 bridgehead atoms. The zero-order valence-corrected chi connectivity index (χ0v) is 14.9. The van der Waals surface area contributed by atoms with E-state index in [0.29, 0.717) is 25.0 Å². The van der Waals surface area contributed by atoms with Gasteiger partial charge in [0.15, 0.2) is 0 Å². The summed E-state index contributed by atoms with van der Waals surface area (Å²) in [5, 5.41) is 10.1. The predicted octanol–water partition coefficient (Wildman–Crippen LogP) is 1.27. The number of nitrogens with two attached hydrogens (primary N) is 1. The van der Waals surface area contributed by atoms with Gasteiger partial charge in [0.05, 0.1) is 19.8 Å². The van der Waals surface area contributed by atoms with E-state index in [-0.39, 0.29) is 12.0 Å².